The number of rotatable bonds is 9. The van der Waals surface area contributed by atoms with Gasteiger partial charge in [0.05, 0.1) is 12.7 Å². The SMILES string of the molecule is COc1ccc(C(=O)COC(=O)C(C)Oc2ccc(Oc3ccc(C(F)(F)F)cc3)cc2)cc1. The molecule has 0 radical (unpaired) electrons. The van der Waals surface area contributed by atoms with Crippen LogP contribution >= 0.6 is 0 Å². The zero-order chi connectivity index (χ0) is 24.7. The second-order valence-corrected chi connectivity index (χ2v) is 7.12. The minimum Gasteiger partial charge on any atom is -0.497 e. The minimum absolute atomic E-state index is 0.236. The maximum atomic E-state index is 12.6. The Morgan fingerprint density at radius 1 is 0.794 bits per heavy atom. The monoisotopic (exact) mass is 474 g/mol. The zero-order valence-electron chi connectivity index (χ0n) is 18.3. The van der Waals surface area contributed by atoms with Crippen LogP contribution in [0.3, 0.4) is 0 Å². The molecule has 0 heterocycles. The number of benzene rings is 3. The quantitative estimate of drug-likeness (QED) is 0.293. The summed E-state index contributed by atoms with van der Waals surface area (Å²) >= 11 is 0. The number of Topliss-reactive ketones (excluding diaryl/α,β-unsaturated/α-hetero) is 1. The average molecular weight is 474 g/mol. The van der Waals surface area contributed by atoms with Gasteiger partial charge < -0.3 is 18.9 Å². The third-order valence-electron chi connectivity index (χ3n) is 4.64. The highest BCUT2D eigenvalue weighted by Crippen LogP contribution is 2.31. The summed E-state index contributed by atoms with van der Waals surface area (Å²) in [5.41, 5.74) is -0.388. The van der Waals surface area contributed by atoms with Gasteiger partial charge in [-0.15, -0.1) is 0 Å². The van der Waals surface area contributed by atoms with E-state index in [2.05, 4.69) is 0 Å². The number of hydrogen-bond donors (Lipinski definition) is 0. The number of carbonyl (C=O) groups is 2. The Hall–Kier alpha value is -4.01. The van der Waals surface area contributed by atoms with E-state index in [9.17, 15) is 22.8 Å². The van der Waals surface area contributed by atoms with Crippen molar-refractivity contribution < 1.29 is 41.7 Å². The van der Waals surface area contributed by atoms with E-state index in [-0.39, 0.29) is 11.5 Å². The molecule has 6 nitrogen and oxygen atoms in total. The molecule has 3 aromatic carbocycles. The lowest BCUT2D eigenvalue weighted by Crippen LogP contribution is -2.28. The molecule has 0 saturated carbocycles. The van der Waals surface area contributed by atoms with E-state index in [1.807, 2.05) is 0 Å². The number of methoxy groups -OCH3 is 1. The molecular weight excluding hydrogens is 453 g/mol. The standard InChI is InChI=1S/C25H21F3O6/c1-16(24(30)32-15-23(29)17-3-7-19(31-2)8-4-17)33-20-11-13-22(14-12-20)34-21-9-5-18(6-10-21)25(26,27)28/h3-14,16H,15H2,1-2H3. The van der Waals surface area contributed by atoms with E-state index < -0.39 is 30.4 Å². The highest BCUT2D eigenvalue weighted by atomic mass is 19.4. The first-order chi connectivity index (χ1) is 16.2. The summed E-state index contributed by atoms with van der Waals surface area (Å²) in [4.78, 5) is 24.3. The normalized spacial score (nSPS) is 11.9. The molecule has 0 fully saturated rings. The van der Waals surface area contributed by atoms with E-state index in [0.717, 1.165) is 12.1 Å². The van der Waals surface area contributed by atoms with Crippen molar-refractivity contribution in [2.24, 2.45) is 0 Å². The van der Waals surface area contributed by atoms with E-state index in [0.29, 0.717) is 22.8 Å². The van der Waals surface area contributed by atoms with Gasteiger partial charge in [-0.3, -0.25) is 4.79 Å². The first-order valence-corrected chi connectivity index (χ1v) is 10.1. The molecule has 0 bridgehead atoms. The molecule has 0 amide bonds. The first kappa shape index (κ1) is 24.6. The van der Waals surface area contributed by atoms with Crippen LogP contribution in [-0.2, 0) is 15.7 Å². The van der Waals surface area contributed by atoms with Crippen LogP contribution in [0.5, 0.6) is 23.0 Å². The number of ether oxygens (including phenoxy) is 4. The Morgan fingerprint density at radius 3 is 1.82 bits per heavy atom. The van der Waals surface area contributed by atoms with Crippen molar-refractivity contribution in [2.45, 2.75) is 19.2 Å². The topological polar surface area (TPSA) is 71.1 Å². The van der Waals surface area contributed by atoms with Crippen molar-refractivity contribution in [2.75, 3.05) is 13.7 Å². The van der Waals surface area contributed by atoms with Crippen LogP contribution in [0.25, 0.3) is 0 Å². The number of alkyl halides is 3. The smallest absolute Gasteiger partial charge is 0.416 e. The molecule has 1 atom stereocenters. The summed E-state index contributed by atoms with van der Waals surface area (Å²) in [7, 11) is 1.51. The average Bonchev–Trinajstić information content (AvgIpc) is 2.83. The predicted octanol–water partition coefficient (Wildman–Crippen LogP) is 5.70. The van der Waals surface area contributed by atoms with Crippen molar-refractivity contribution >= 4 is 11.8 Å². The molecule has 1 unspecified atom stereocenters. The van der Waals surface area contributed by atoms with Crippen LogP contribution < -0.4 is 14.2 Å². The van der Waals surface area contributed by atoms with E-state index in [1.165, 1.54) is 50.4 Å². The molecule has 34 heavy (non-hydrogen) atoms. The minimum atomic E-state index is -4.42. The Morgan fingerprint density at radius 2 is 1.29 bits per heavy atom. The Bertz CT molecular complexity index is 1110. The van der Waals surface area contributed by atoms with Crippen LogP contribution in [0.4, 0.5) is 13.2 Å². The lowest BCUT2D eigenvalue weighted by atomic mass is 10.1. The van der Waals surface area contributed by atoms with E-state index >= 15 is 0 Å². The van der Waals surface area contributed by atoms with Crippen molar-refractivity contribution in [1.29, 1.82) is 0 Å². The zero-order valence-corrected chi connectivity index (χ0v) is 18.3. The molecule has 0 saturated heterocycles. The van der Waals surface area contributed by atoms with Gasteiger partial charge in [-0.1, -0.05) is 0 Å². The highest BCUT2D eigenvalue weighted by Gasteiger charge is 2.30. The summed E-state index contributed by atoms with van der Waals surface area (Å²) in [6.45, 7) is 1.05. The van der Waals surface area contributed by atoms with E-state index in [4.69, 9.17) is 18.9 Å². The second kappa shape index (κ2) is 10.7. The van der Waals surface area contributed by atoms with Crippen molar-refractivity contribution in [3.63, 3.8) is 0 Å². The van der Waals surface area contributed by atoms with Crippen molar-refractivity contribution in [1.82, 2.24) is 0 Å². The Balaban J connectivity index is 1.49. The van der Waals surface area contributed by atoms with Crippen molar-refractivity contribution in [3.05, 3.63) is 83.9 Å². The molecule has 0 aliphatic rings. The third-order valence-corrected chi connectivity index (χ3v) is 4.64. The summed E-state index contributed by atoms with van der Waals surface area (Å²) < 4.78 is 59.0. The molecule has 9 heteroatoms. The molecule has 178 valence electrons. The van der Waals surface area contributed by atoms with Crippen molar-refractivity contribution in [3.8, 4) is 23.0 Å². The Kier molecular flexibility index (Phi) is 7.78. The van der Waals surface area contributed by atoms with Crippen LogP contribution in [-0.4, -0.2) is 31.6 Å². The Labute approximate surface area is 193 Å². The molecular formula is C25H21F3O6. The number of halogens is 3. The molecule has 0 aromatic heterocycles. The van der Waals surface area contributed by atoms with Gasteiger partial charge in [0.25, 0.3) is 0 Å². The number of carbonyl (C=O) groups excluding carboxylic acids is 2. The van der Waals surface area contributed by atoms with Crippen LogP contribution in [0, 0.1) is 0 Å². The maximum absolute atomic E-state index is 12.6. The summed E-state index contributed by atoms with van der Waals surface area (Å²) in [5.74, 6) is 0.463. The van der Waals surface area contributed by atoms with Gasteiger partial charge >= 0.3 is 12.1 Å². The maximum Gasteiger partial charge on any atom is 0.416 e. The predicted molar refractivity (Wildman–Crippen MR) is 116 cm³/mol. The van der Waals surface area contributed by atoms with Gasteiger partial charge in [0, 0.05) is 5.56 Å². The second-order valence-electron chi connectivity index (χ2n) is 7.12. The van der Waals surface area contributed by atoms with Crippen LogP contribution in [0.1, 0.15) is 22.8 Å². The highest BCUT2D eigenvalue weighted by molar-refractivity contribution is 5.98. The van der Waals surface area contributed by atoms with Crippen LogP contribution in [0.2, 0.25) is 0 Å². The molecule has 0 aliphatic heterocycles. The largest absolute Gasteiger partial charge is 0.497 e. The molecule has 0 N–H and O–H groups in total. The third kappa shape index (κ3) is 6.74. The van der Waals surface area contributed by atoms with Gasteiger partial charge in [-0.05, 0) is 79.7 Å². The summed E-state index contributed by atoms with van der Waals surface area (Å²) in [6.07, 6.45) is -5.40. The fourth-order valence-electron chi connectivity index (χ4n) is 2.80. The van der Waals surface area contributed by atoms with Gasteiger partial charge in [0.2, 0.25) is 0 Å². The molecule has 3 aromatic rings. The number of ketones is 1. The van der Waals surface area contributed by atoms with Gasteiger partial charge in [0.15, 0.2) is 18.5 Å². The molecule has 3 rings (SSSR count). The lowest BCUT2D eigenvalue weighted by molar-refractivity contribution is -0.149. The van der Waals surface area contributed by atoms with Gasteiger partial charge in [0.1, 0.15) is 23.0 Å². The fourth-order valence-corrected chi connectivity index (χ4v) is 2.80. The van der Waals surface area contributed by atoms with E-state index in [1.54, 1.807) is 24.3 Å². The first-order valence-electron chi connectivity index (χ1n) is 10.1. The number of esters is 1. The van der Waals surface area contributed by atoms with Gasteiger partial charge in [-0.2, -0.15) is 13.2 Å². The fraction of sp³-hybridized carbons (Fsp3) is 0.200. The number of hydrogen-bond acceptors (Lipinski definition) is 6. The molecule has 0 spiro atoms. The lowest BCUT2D eigenvalue weighted by Gasteiger charge is -2.14. The summed E-state index contributed by atoms with van der Waals surface area (Å²) in [5, 5.41) is 0. The molecule has 0 aliphatic carbocycles. The summed E-state index contributed by atoms with van der Waals surface area (Å²) in [6, 6.07) is 16.9. The van der Waals surface area contributed by atoms with Crippen LogP contribution in [0.15, 0.2) is 72.8 Å². The van der Waals surface area contributed by atoms with Gasteiger partial charge in [-0.25, -0.2) is 4.79 Å².